The summed E-state index contributed by atoms with van der Waals surface area (Å²) < 4.78 is 5.40. The molecule has 1 saturated heterocycles. The summed E-state index contributed by atoms with van der Waals surface area (Å²) in [5.74, 6) is -0.967. The number of morpholine rings is 1. The predicted molar refractivity (Wildman–Crippen MR) is 95.0 cm³/mol. The average Bonchev–Trinajstić information content (AvgIpc) is 2.68. The smallest absolute Gasteiger partial charge is 0.335 e. The van der Waals surface area contributed by atoms with Gasteiger partial charge in [0.05, 0.1) is 41.7 Å². The fourth-order valence-corrected chi connectivity index (χ4v) is 2.97. The fourth-order valence-electron chi connectivity index (χ4n) is 2.97. The van der Waals surface area contributed by atoms with Crippen LogP contribution in [0.2, 0.25) is 0 Å². The molecule has 1 aromatic heterocycles. The quantitative estimate of drug-likeness (QED) is 0.793. The van der Waals surface area contributed by atoms with Crippen molar-refractivity contribution in [3.05, 3.63) is 54.2 Å². The van der Waals surface area contributed by atoms with Gasteiger partial charge in [-0.1, -0.05) is 12.1 Å². The third-order valence-electron chi connectivity index (χ3n) is 4.31. The van der Waals surface area contributed by atoms with E-state index in [4.69, 9.17) is 9.84 Å². The zero-order valence-electron chi connectivity index (χ0n) is 13.6. The largest absolute Gasteiger partial charge is 0.478 e. The number of aromatic carboxylic acids is 1. The highest BCUT2D eigenvalue weighted by molar-refractivity contribution is 5.92. The van der Waals surface area contributed by atoms with Gasteiger partial charge >= 0.3 is 5.97 Å². The van der Waals surface area contributed by atoms with Gasteiger partial charge < -0.3 is 14.7 Å². The number of nitrogens with zero attached hydrogens (tertiary/aromatic N) is 3. The van der Waals surface area contributed by atoms with Crippen LogP contribution in [-0.4, -0.2) is 47.3 Å². The molecular formula is C19H17N3O3. The van der Waals surface area contributed by atoms with Gasteiger partial charge in [0, 0.05) is 24.3 Å². The Hall–Kier alpha value is -2.99. The van der Waals surface area contributed by atoms with E-state index in [9.17, 15) is 4.79 Å². The molecule has 6 heteroatoms. The summed E-state index contributed by atoms with van der Waals surface area (Å²) in [6.07, 6.45) is 1.69. The van der Waals surface area contributed by atoms with E-state index in [0.29, 0.717) is 11.0 Å². The lowest BCUT2D eigenvalue weighted by Gasteiger charge is -2.29. The molecule has 1 fully saturated rings. The molecular weight excluding hydrogens is 318 g/mol. The number of hydrogen-bond acceptors (Lipinski definition) is 5. The van der Waals surface area contributed by atoms with E-state index in [1.807, 2.05) is 12.1 Å². The lowest BCUT2D eigenvalue weighted by atomic mass is 10.1. The summed E-state index contributed by atoms with van der Waals surface area (Å²) in [5, 5.41) is 9.07. The van der Waals surface area contributed by atoms with E-state index < -0.39 is 5.97 Å². The van der Waals surface area contributed by atoms with Crippen molar-refractivity contribution < 1.29 is 14.6 Å². The highest BCUT2D eigenvalue weighted by atomic mass is 16.5. The van der Waals surface area contributed by atoms with Crippen LogP contribution in [0.15, 0.2) is 48.7 Å². The lowest BCUT2D eigenvalue weighted by molar-refractivity contribution is 0.0697. The maximum atomic E-state index is 11.1. The third-order valence-corrected chi connectivity index (χ3v) is 4.31. The molecule has 3 aromatic rings. The Morgan fingerprint density at radius 2 is 1.92 bits per heavy atom. The first kappa shape index (κ1) is 15.5. The van der Waals surface area contributed by atoms with Gasteiger partial charge in [-0.15, -0.1) is 0 Å². The molecule has 126 valence electrons. The number of hydrogen-bond donors (Lipinski definition) is 1. The standard InChI is InChI=1S/C19H17N3O3/c23-19(24)14-4-5-16-17(11-14)20-12-18(21-16)13-2-1-3-15(10-13)22-6-8-25-9-7-22/h1-5,10-12H,6-9H2,(H,23,24). The first-order valence-corrected chi connectivity index (χ1v) is 8.14. The molecule has 1 aliphatic heterocycles. The van der Waals surface area contributed by atoms with Crippen LogP contribution in [0.4, 0.5) is 5.69 Å². The Balaban J connectivity index is 1.69. The summed E-state index contributed by atoms with van der Waals surface area (Å²) in [6, 6.07) is 13.0. The Bertz CT molecular complexity index is 936. The van der Waals surface area contributed by atoms with Crippen molar-refractivity contribution >= 4 is 22.7 Å². The van der Waals surface area contributed by atoms with Crippen molar-refractivity contribution in [1.82, 2.24) is 9.97 Å². The minimum absolute atomic E-state index is 0.212. The Morgan fingerprint density at radius 1 is 1.08 bits per heavy atom. The molecule has 0 saturated carbocycles. The van der Waals surface area contributed by atoms with Gasteiger partial charge in [0.2, 0.25) is 0 Å². The molecule has 1 N–H and O–H groups in total. The number of carbonyl (C=O) groups is 1. The van der Waals surface area contributed by atoms with E-state index in [0.717, 1.165) is 43.2 Å². The van der Waals surface area contributed by atoms with Gasteiger partial charge in [0.15, 0.2) is 0 Å². The van der Waals surface area contributed by atoms with Crippen molar-refractivity contribution in [2.45, 2.75) is 0 Å². The van der Waals surface area contributed by atoms with Gasteiger partial charge in [-0.05, 0) is 30.3 Å². The van der Waals surface area contributed by atoms with Gasteiger partial charge in [-0.2, -0.15) is 0 Å². The number of fused-ring (bicyclic) bond motifs is 1. The van der Waals surface area contributed by atoms with E-state index in [-0.39, 0.29) is 5.56 Å². The van der Waals surface area contributed by atoms with Crippen molar-refractivity contribution in [2.75, 3.05) is 31.2 Å². The van der Waals surface area contributed by atoms with Gasteiger partial charge in [0.25, 0.3) is 0 Å². The van der Waals surface area contributed by atoms with Crippen molar-refractivity contribution in [1.29, 1.82) is 0 Å². The highest BCUT2D eigenvalue weighted by Gasteiger charge is 2.12. The van der Waals surface area contributed by atoms with E-state index >= 15 is 0 Å². The first-order chi connectivity index (χ1) is 12.2. The summed E-state index contributed by atoms with van der Waals surface area (Å²) in [7, 11) is 0. The maximum absolute atomic E-state index is 11.1. The molecule has 0 radical (unpaired) electrons. The zero-order valence-corrected chi connectivity index (χ0v) is 13.6. The maximum Gasteiger partial charge on any atom is 0.335 e. The molecule has 2 heterocycles. The SMILES string of the molecule is O=C(O)c1ccc2nc(-c3cccc(N4CCOCC4)c3)cnc2c1. The molecule has 25 heavy (non-hydrogen) atoms. The molecule has 0 amide bonds. The Kier molecular flexibility index (Phi) is 4.03. The summed E-state index contributed by atoms with van der Waals surface area (Å²) >= 11 is 0. The number of benzene rings is 2. The lowest BCUT2D eigenvalue weighted by Crippen LogP contribution is -2.36. The van der Waals surface area contributed by atoms with Crippen LogP contribution in [0.1, 0.15) is 10.4 Å². The topological polar surface area (TPSA) is 75.5 Å². The van der Waals surface area contributed by atoms with Crippen LogP contribution in [0.25, 0.3) is 22.3 Å². The Morgan fingerprint density at radius 3 is 2.72 bits per heavy atom. The van der Waals surface area contributed by atoms with Crippen LogP contribution >= 0.6 is 0 Å². The number of ether oxygens (including phenoxy) is 1. The number of rotatable bonds is 3. The van der Waals surface area contributed by atoms with Crippen LogP contribution in [0.5, 0.6) is 0 Å². The van der Waals surface area contributed by atoms with E-state index in [2.05, 4.69) is 27.0 Å². The van der Waals surface area contributed by atoms with E-state index in [1.54, 1.807) is 24.4 Å². The third kappa shape index (κ3) is 3.16. The second-order valence-corrected chi connectivity index (χ2v) is 5.91. The van der Waals surface area contributed by atoms with Crippen molar-refractivity contribution in [3.8, 4) is 11.3 Å². The molecule has 0 aliphatic carbocycles. The summed E-state index contributed by atoms with van der Waals surface area (Å²) in [5.41, 5.74) is 4.37. The molecule has 1 aliphatic rings. The van der Waals surface area contributed by atoms with Crippen LogP contribution in [0, 0.1) is 0 Å². The van der Waals surface area contributed by atoms with Gasteiger partial charge in [-0.3, -0.25) is 4.98 Å². The second-order valence-electron chi connectivity index (χ2n) is 5.91. The molecule has 0 spiro atoms. The van der Waals surface area contributed by atoms with Crippen LogP contribution < -0.4 is 4.90 Å². The summed E-state index contributed by atoms with van der Waals surface area (Å²) in [4.78, 5) is 22.4. The first-order valence-electron chi connectivity index (χ1n) is 8.14. The summed E-state index contributed by atoms with van der Waals surface area (Å²) in [6.45, 7) is 3.24. The van der Waals surface area contributed by atoms with Gasteiger partial charge in [0.1, 0.15) is 0 Å². The van der Waals surface area contributed by atoms with E-state index in [1.165, 1.54) is 0 Å². The molecule has 0 atom stereocenters. The molecule has 4 rings (SSSR count). The highest BCUT2D eigenvalue weighted by Crippen LogP contribution is 2.25. The number of carboxylic acids is 1. The van der Waals surface area contributed by atoms with Crippen LogP contribution in [0.3, 0.4) is 0 Å². The fraction of sp³-hybridized carbons (Fsp3) is 0.211. The number of aromatic nitrogens is 2. The molecule has 6 nitrogen and oxygen atoms in total. The monoisotopic (exact) mass is 335 g/mol. The minimum atomic E-state index is -0.967. The minimum Gasteiger partial charge on any atom is -0.478 e. The zero-order chi connectivity index (χ0) is 17.2. The predicted octanol–water partition coefficient (Wildman–Crippen LogP) is 2.83. The van der Waals surface area contributed by atoms with Gasteiger partial charge in [-0.25, -0.2) is 9.78 Å². The Labute approximate surface area is 144 Å². The molecule has 0 bridgehead atoms. The van der Waals surface area contributed by atoms with Crippen molar-refractivity contribution in [3.63, 3.8) is 0 Å². The number of anilines is 1. The van der Waals surface area contributed by atoms with Crippen LogP contribution in [-0.2, 0) is 4.74 Å². The molecule has 0 unspecified atom stereocenters. The second kappa shape index (κ2) is 6.49. The average molecular weight is 335 g/mol. The normalized spacial score (nSPS) is 14.6. The molecule has 2 aromatic carbocycles. The number of carboxylic acid groups (broad SMARTS) is 1. The van der Waals surface area contributed by atoms with Crippen molar-refractivity contribution in [2.24, 2.45) is 0 Å².